The van der Waals surface area contributed by atoms with Gasteiger partial charge in [0.05, 0.1) is 22.5 Å². The number of sulfone groups is 1. The highest BCUT2D eigenvalue weighted by Gasteiger charge is 2.53. The fourth-order valence-electron chi connectivity index (χ4n) is 2.71. The van der Waals surface area contributed by atoms with Crippen molar-refractivity contribution in [1.29, 1.82) is 0 Å². The van der Waals surface area contributed by atoms with Crippen LogP contribution in [0.5, 0.6) is 0 Å². The second-order valence-electron chi connectivity index (χ2n) is 5.73. The Morgan fingerprint density at radius 2 is 1.76 bits per heavy atom. The normalized spacial score (nSPS) is 21.4. The van der Waals surface area contributed by atoms with Gasteiger partial charge < -0.3 is 10.0 Å². The number of carbonyl (C=O) groups is 2. The van der Waals surface area contributed by atoms with Crippen molar-refractivity contribution in [1.82, 2.24) is 4.90 Å². The van der Waals surface area contributed by atoms with E-state index in [9.17, 15) is 31.2 Å². The number of carboxylic acid groups (broad SMARTS) is 1. The number of rotatable bonds is 4. The molecule has 1 N–H and O–H groups in total. The van der Waals surface area contributed by atoms with Crippen LogP contribution in [0.3, 0.4) is 0 Å². The summed E-state index contributed by atoms with van der Waals surface area (Å²) in [4.78, 5) is 24.2. The van der Waals surface area contributed by atoms with E-state index in [1.165, 1.54) is 31.2 Å². The Kier molecular flexibility index (Phi) is 5.12. The molecule has 1 amide bonds. The van der Waals surface area contributed by atoms with E-state index < -0.39 is 52.8 Å². The number of alkyl halides is 3. The Hall–Kier alpha value is -2.10. The summed E-state index contributed by atoms with van der Waals surface area (Å²) in [6.45, 7) is 0.170. The van der Waals surface area contributed by atoms with E-state index in [4.69, 9.17) is 5.11 Å². The van der Waals surface area contributed by atoms with Crippen molar-refractivity contribution in [2.45, 2.75) is 18.0 Å². The Morgan fingerprint density at radius 1 is 1.20 bits per heavy atom. The van der Waals surface area contributed by atoms with Crippen LogP contribution < -0.4 is 0 Å². The molecule has 0 unspecified atom stereocenters. The van der Waals surface area contributed by atoms with Gasteiger partial charge in [-0.25, -0.2) is 8.42 Å². The molecule has 2 rings (SSSR count). The molecule has 0 bridgehead atoms. The number of aliphatic carboxylic acids is 1. The molecule has 1 saturated heterocycles. The van der Waals surface area contributed by atoms with Gasteiger partial charge in [-0.3, -0.25) is 9.59 Å². The van der Waals surface area contributed by atoms with Crippen molar-refractivity contribution >= 4 is 21.7 Å². The first-order valence-corrected chi connectivity index (χ1v) is 9.04. The predicted octanol–water partition coefficient (Wildman–Crippen LogP) is 1.82. The van der Waals surface area contributed by atoms with E-state index in [1.807, 2.05) is 0 Å². The van der Waals surface area contributed by atoms with E-state index in [0.29, 0.717) is 0 Å². The number of carbonyl (C=O) groups excluding carboxylic acids is 1. The Bertz CT molecular complexity index is 773. The zero-order valence-electron chi connectivity index (χ0n) is 13.2. The van der Waals surface area contributed by atoms with Crippen LogP contribution in [0.4, 0.5) is 13.2 Å². The number of hydrogen-bond donors (Lipinski definition) is 1. The maximum Gasteiger partial charge on any atom is 0.394 e. The summed E-state index contributed by atoms with van der Waals surface area (Å²) in [6.07, 6.45) is -4.73. The van der Waals surface area contributed by atoms with Gasteiger partial charge in [0, 0.05) is 18.7 Å². The minimum atomic E-state index is -4.73. The molecule has 10 heteroatoms. The van der Waals surface area contributed by atoms with Gasteiger partial charge in [0.25, 0.3) is 5.91 Å². The summed E-state index contributed by atoms with van der Waals surface area (Å²) in [5.41, 5.74) is 0.00187. The molecular formula is C15H16F3NO5S. The van der Waals surface area contributed by atoms with Crippen molar-refractivity contribution in [2.75, 3.05) is 18.8 Å². The van der Waals surface area contributed by atoms with Gasteiger partial charge in [-0.15, -0.1) is 0 Å². The van der Waals surface area contributed by atoms with Crippen LogP contribution in [0.2, 0.25) is 0 Å². The fourth-order valence-corrected chi connectivity index (χ4v) is 3.59. The first-order chi connectivity index (χ1) is 11.5. The molecule has 0 radical (unpaired) electrons. The second kappa shape index (κ2) is 6.66. The molecule has 1 aromatic rings. The number of hydrogen-bond acceptors (Lipinski definition) is 4. The van der Waals surface area contributed by atoms with Gasteiger partial charge in [0.2, 0.25) is 0 Å². The van der Waals surface area contributed by atoms with Crippen LogP contribution in [-0.4, -0.2) is 55.3 Å². The van der Waals surface area contributed by atoms with E-state index in [-0.39, 0.29) is 16.2 Å². The molecule has 0 spiro atoms. The van der Waals surface area contributed by atoms with Crippen molar-refractivity contribution < 1.29 is 36.3 Å². The smallest absolute Gasteiger partial charge is 0.394 e. The lowest BCUT2D eigenvalue weighted by molar-refractivity contribution is -0.187. The number of benzene rings is 1. The summed E-state index contributed by atoms with van der Waals surface area (Å²) in [6, 6.07) is 4.83. The second-order valence-corrected chi connectivity index (χ2v) is 8.01. The van der Waals surface area contributed by atoms with Gasteiger partial charge in [0.15, 0.2) is 9.84 Å². The van der Waals surface area contributed by atoms with Crippen molar-refractivity contribution in [3.05, 3.63) is 29.8 Å². The molecule has 0 saturated carbocycles. The average molecular weight is 379 g/mol. The molecule has 1 aliphatic heterocycles. The zero-order chi connectivity index (χ0) is 19.0. The monoisotopic (exact) mass is 379 g/mol. The van der Waals surface area contributed by atoms with Crippen LogP contribution in [0.1, 0.15) is 17.3 Å². The van der Waals surface area contributed by atoms with Gasteiger partial charge in [-0.1, -0.05) is 6.92 Å². The summed E-state index contributed by atoms with van der Waals surface area (Å²) < 4.78 is 62.3. The largest absolute Gasteiger partial charge is 0.481 e. The summed E-state index contributed by atoms with van der Waals surface area (Å²) in [5.74, 6) is -6.35. The van der Waals surface area contributed by atoms with Crippen LogP contribution in [0, 0.1) is 11.8 Å². The summed E-state index contributed by atoms with van der Waals surface area (Å²) in [7, 11) is -3.46. The lowest BCUT2D eigenvalue weighted by Crippen LogP contribution is -2.34. The Labute approximate surface area is 142 Å². The highest BCUT2D eigenvalue weighted by molar-refractivity contribution is 7.91. The summed E-state index contributed by atoms with van der Waals surface area (Å²) in [5, 5.41) is 8.97. The van der Waals surface area contributed by atoms with Crippen LogP contribution in [0.25, 0.3) is 0 Å². The topological polar surface area (TPSA) is 91.8 Å². The van der Waals surface area contributed by atoms with Crippen LogP contribution >= 0.6 is 0 Å². The summed E-state index contributed by atoms with van der Waals surface area (Å²) >= 11 is 0. The highest BCUT2D eigenvalue weighted by Crippen LogP contribution is 2.38. The minimum absolute atomic E-state index is 0.00187. The third-order valence-electron chi connectivity index (χ3n) is 4.19. The number of halogens is 3. The highest BCUT2D eigenvalue weighted by atomic mass is 32.2. The lowest BCUT2D eigenvalue weighted by atomic mass is 9.96. The number of carboxylic acids is 1. The molecule has 2 atom stereocenters. The lowest BCUT2D eigenvalue weighted by Gasteiger charge is -2.18. The molecule has 1 aromatic carbocycles. The molecule has 0 aromatic heterocycles. The van der Waals surface area contributed by atoms with E-state index in [0.717, 1.165) is 4.90 Å². The van der Waals surface area contributed by atoms with Gasteiger partial charge in [0.1, 0.15) is 0 Å². The van der Waals surface area contributed by atoms with Crippen molar-refractivity contribution in [3.8, 4) is 0 Å². The zero-order valence-corrected chi connectivity index (χ0v) is 14.0. The van der Waals surface area contributed by atoms with E-state index in [1.54, 1.807) is 0 Å². The van der Waals surface area contributed by atoms with Gasteiger partial charge in [-0.05, 0) is 24.3 Å². The molecule has 1 fully saturated rings. The van der Waals surface area contributed by atoms with Crippen molar-refractivity contribution in [2.24, 2.45) is 11.8 Å². The Balaban J connectivity index is 2.22. The van der Waals surface area contributed by atoms with Gasteiger partial charge in [-0.2, -0.15) is 13.2 Å². The number of nitrogens with zero attached hydrogens (tertiary/aromatic N) is 1. The molecule has 1 aliphatic rings. The third kappa shape index (κ3) is 3.94. The predicted molar refractivity (Wildman–Crippen MR) is 80.7 cm³/mol. The minimum Gasteiger partial charge on any atom is -0.481 e. The quantitative estimate of drug-likeness (QED) is 0.862. The molecule has 25 heavy (non-hydrogen) atoms. The van der Waals surface area contributed by atoms with Crippen LogP contribution in [-0.2, 0) is 14.6 Å². The van der Waals surface area contributed by atoms with E-state index >= 15 is 0 Å². The van der Waals surface area contributed by atoms with Gasteiger partial charge >= 0.3 is 12.1 Å². The van der Waals surface area contributed by atoms with E-state index in [2.05, 4.69) is 0 Å². The molecule has 0 aliphatic carbocycles. The molecular weight excluding hydrogens is 363 g/mol. The molecule has 138 valence electrons. The molecule has 6 nitrogen and oxygen atoms in total. The maximum absolute atomic E-state index is 13.0. The first kappa shape index (κ1) is 19.2. The standard InChI is InChI=1S/C15H16F3NO5S/c1-2-25(23,24)10-5-3-9(4-6-10)13(20)19-7-11(14(21)22)12(8-19)15(16,17)18/h3-6,11-12H,2,7-8H2,1H3,(H,21,22)/t11-,12-/m1/s1. The first-order valence-electron chi connectivity index (χ1n) is 7.39. The number of likely N-dealkylation sites (tertiary alicyclic amines) is 1. The van der Waals surface area contributed by atoms with Crippen LogP contribution in [0.15, 0.2) is 29.2 Å². The Morgan fingerprint density at radius 3 is 2.16 bits per heavy atom. The average Bonchev–Trinajstić information content (AvgIpc) is 3.00. The molecule has 1 heterocycles. The third-order valence-corrected chi connectivity index (χ3v) is 5.94. The fraction of sp³-hybridized carbons (Fsp3) is 0.467. The SMILES string of the molecule is CCS(=O)(=O)c1ccc(C(=O)N2C[C@@H](C(F)(F)F)[C@H](C(=O)O)C2)cc1. The van der Waals surface area contributed by atoms with Crippen molar-refractivity contribution in [3.63, 3.8) is 0 Å². The number of amides is 1. The maximum atomic E-state index is 13.0.